The zero-order chi connectivity index (χ0) is 16.4. The molecule has 3 unspecified atom stereocenters. The summed E-state index contributed by atoms with van der Waals surface area (Å²) in [4.78, 5) is 11.8. The van der Waals surface area contributed by atoms with Gasteiger partial charge in [0.25, 0.3) is 0 Å². The van der Waals surface area contributed by atoms with Crippen LogP contribution in [0.5, 0.6) is 0 Å². The van der Waals surface area contributed by atoms with Gasteiger partial charge in [0.2, 0.25) is 5.79 Å². The summed E-state index contributed by atoms with van der Waals surface area (Å²) in [7, 11) is 0. The summed E-state index contributed by atoms with van der Waals surface area (Å²) < 4.78 is 43.8. The molecule has 3 aliphatic rings. The topological polar surface area (TPSA) is 44.8 Å². The third kappa shape index (κ3) is 1.83. The number of ether oxygens (including phenoxy) is 3. The Bertz CT molecular complexity index is 479. The Labute approximate surface area is 129 Å². The molecular weight excluding hydrogens is 294 g/mol. The fourth-order valence-corrected chi connectivity index (χ4v) is 4.68. The standard InChI is InChI=1S/C16H24F2O4/c1-13(2)10-6-7-14(13,3)16(20-8-5-9-21-16)11(10)22-12(19)15(4,17)18/h10-11H,5-9H2,1-4H3. The van der Waals surface area contributed by atoms with Gasteiger partial charge in [-0.05, 0) is 24.7 Å². The van der Waals surface area contributed by atoms with Crippen LogP contribution in [-0.2, 0) is 19.0 Å². The minimum absolute atomic E-state index is 0.0399. The fraction of sp³-hybridized carbons (Fsp3) is 0.938. The van der Waals surface area contributed by atoms with Gasteiger partial charge in [0.1, 0.15) is 0 Å². The monoisotopic (exact) mass is 318 g/mol. The largest absolute Gasteiger partial charge is 0.452 e. The van der Waals surface area contributed by atoms with Gasteiger partial charge >= 0.3 is 11.9 Å². The highest BCUT2D eigenvalue weighted by Gasteiger charge is 2.77. The average molecular weight is 318 g/mol. The maximum Gasteiger partial charge on any atom is 0.377 e. The van der Waals surface area contributed by atoms with Crippen LogP contribution in [0.25, 0.3) is 0 Å². The van der Waals surface area contributed by atoms with E-state index in [1.54, 1.807) is 0 Å². The molecule has 0 amide bonds. The molecule has 0 aromatic heterocycles. The van der Waals surface area contributed by atoms with Crippen LogP contribution in [0.4, 0.5) is 8.78 Å². The van der Waals surface area contributed by atoms with Crippen LogP contribution in [0.1, 0.15) is 47.0 Å². The van der Waals surface area contributed by atoms with E-state index in [1.165, 1.54) is 0 Å². The first-order chi connectivity index (χ1) is 10.1. The number of esters is 1. The highest BCUT2D eigenvalue weighted by atomic mass is 19.3. The second-order valence-electron chi connectivity index (χ2n) is 7.63. The molecule has 0 radical (unpaired) electrons. The molecular formula is C16H24F2O4. The number of hydrogen-bond acceptors (Lipinski definition) is 4. The van der Waals surface area contributed by atoms with E-state index in [-0.39, 0.29) is 16.7 Å². The van der Waals surface area contributed by atoms with Crippen molar-refractivity contribution < 1.29 is 27.8 Å². The van der Waals surface area contributed by atoms with Gasteiger partial charge in [-0.15, -0.1) is 0 Å². The van der Waals surface area contributed by atoms with E-state index in [0.29, 0.717) is 20.1 Å². The third-order valence-electron chi connectivity index (χ3n) is 6.33. The SMILES string of the molecule is CC(F)(F)C(=O)OC1C2CCC(C)(C2(C)C)C12OCCCO2. The molecule has 2 aliphatic carbocycles. The molecule has 126 valence electrons. The molecule has 3 fully saturated rings. The van der Waals surface area contributed by atoms with E-state index in [0.717, 1.165) is 19.3 Å². The molecule has 6 heteroatoms. The van der Waals surface area contributed by atoms with Crippen LogP contribution in [0.2, 0.25) is 0 Å². The van der Waals surface area contributed by atoms with Crippen molar-refractivity contribution >= 4 is 5.97 Å². The van der Waals surface area contributed by atoms with E-state index in [9.17, 15) is 13.6 Å². The van der Waals surface area contributed by atoms with E-state index < -0.39 is 23.8 Å². The molecule has 2 bridgehead atoms. The molecule has 0 N–H and O–H groups in total. The Kier molecular flexibility index (Phi) is 3.39. The minimum atomic E-state index is -3.51. The van der Waals surface area contributed by atoms with Crippen molar-refractivity contribution in [2.75, 3.05) is 13.2 Å². The smallest absolute Gasteiger partial charge is 0.377 e. The van der Waals surface area contributed by atoms with Crippen LogP contribution in [0.3, 0.4) is 0 Å². The molecule has 1 heterocycles. The van der Waals surface area contributed by atoms with Gasteiger partial charge in [-0.25, -0.2) is 4.79 Å². The predicted molar refractivity (Wildman–Crippen MR) is 74.4 cm³/mol. The lowest BCUT2D eigenvalue weighted by Gasteiger charge is -2.51. The first-order valence-corrected chi connectivity index (χ1v) is 7.93. The highest BCUT2D eigenvalue weighted by molar-refractivity contribution is 5.77. The van der Waals surface area contributed by atoms with Crippen molar-refractivity contribution in [2.24, 2.45) is 16.7 Å². The highest BCUT2D eigenvalue weighted by Crippen LogP contribution is 2.72. The van der Waals surface area contributed by atoms with Gasteiger partial charge < -0.3 is 14.2 Å². The third-order valence-corrected chi connectivity index (χ3v) is 6.33. The van der Waals surface area contributed by atoms with E-state index in [4.69, 9.17) is 14.2 Å². The molecule has 1 aliphatic heterocycles. The van der Waals surface area contributed by atoms with Gasteiger partial charge in [0.15, 0.2) is 6.10 Å². The molecule has 3 rings (SSSR count). The summed E-state index contributed by atoms with van der Waals surface area (Å²) in [5.74, 6) is -6.15. The van der Waals surface area contributed by atoms with E-state index >= 15 is 0 Å². The van der Waals surface area contributed by atoms with Crippen molar-refractivity contribution in [3.63, 3.8) is 0 Å². The Morgan fingerprint density at radius 3 is 2.36 bits per heavy atom. The summed E-state index contributed by atoms with van der Waals surface area (Å²) in [6, 6.07) is 0. The second kappa shape index (κ2) is 4.63. The lowest BCUT2D eigenvalue weighted by Crippen LogP contribution is -2.61. The molecule has 1 spiro atoms. The number of rotatable bonds is 2. The second-order valence-corrected chi connectivity index (χ2v) is 7.63. The molecule has 4 nitrogen and oxygen atoms in total. The van der Waals surface area contributed by atoms with Crippen molar-refractivity contribution in [3.8, 4) is 0 Å². The normalized spacial score (nSPS) is 39.2. The van der Waals surface area contributed by atoms with Crippen LogP contribution in [0.15, 0.2) is 0 Å². The van der Waals surface area contributed by atoms with E-state index in [2.05, 4.69) is 20.8 Å². The summed E-state index contributed by atoms with van der Waals surface area (Å²) in [5.41, 5.74) is -0.572. The zero-order valence-electron chi connectivity index (χ0n) is 13.6. The Morgan fingerprint density at radius 1 is 1.23 bits per heavy atom. The predicted octanol–water partition coefficient (Wildman–Crippen LogP) is 3.14. The van der Waals surface area contributed by atoms with Crippen molar-refractivity contribution in [1.29, 1.82) is 0 Å². The number of carbonyl (C=O) groups is 1. The Balaban J connectivity index is 1.99. The molecule has 1 saturated heterocycles. The molecule has 0 aromatic carbocycles. The van der Waals surface area contributed by atoms with Gasteiger partial charge in [-0.1, -0.05) is 20.8 Å². The van der Waals surface area contributed by atoms with Crippen LogP contribution < -0.4 is 0 Å². The maximum atomic E-state index is 13.3. The Morgan fingerprint density at radius 2 is 1.82 bits per heavy atom. The number of carbonyl (C=O) groups excluding carboxylic acids is 1. The van der Waals surface area contributed by atoms with Gasteiger partial charge in [0, 0.05) is 18.3 Å². The number of halogens is 2. The average Bonchev–Trinajstić information content (AvgIpc) is 2.73. The lowest BCUT2D eigenvalue weighted by molar-refractivity contribution is -0.354. The van der Waals surface area contributed by atoms with Gasteiger partial charge in [-0.2, -0.15) is 8.78 Å². The molecule has 3 atom stereocenters. The first kappa shape index (κ1) is 16.1. The van der Waals surface area contributed by atoms with Crippen LogP contribution in [-0.4, -0.2) is 37.0 Å². The number of hydrogen-bond donors (Lipinski definition) is 0. The number of alkyl halides is 2. The Hall–Kier alpha value is -0.750. The van der Waals surface area contributed by atoms with Gasteiger partial charge in [0.05, 0.1) is 13.2 Å². The van der Waals surface area contributed by atoms with Crippen LogP contribution >= 0.6 is 0 Å². The quantitative estimate of drug-likeness (QED) is 0.734. The minimum Gasteiger partial charge on any atom is -0.452 e. The van der Waals surface area contributed by atoms with Crippen LogP contribution in [0, 0.1) is 16.7 Å². The fourth-order valence-electron chi connectivity index (χ4n) is 4.68. The summed E-state index contributed by atoms with van der Waals surface area (Å²) in [5, 5.41) is 0. The maximum absolute atomic E-state index is 13.3. The molecule has 22 heavy (non-hydrogen) atoms. The first-order valence-electron chi connectivity index (χ1n) is 7.93. The van der Waals surface area contributed by atoms with Gasteiger partial charge in [-0.3, -0.25) is 0 Å². The molecule has 2 saturated carbocycles. The lowest BCUT2D eigenvalue weighted by atomic mass is 9.68. The summed E-state index contributed by atoms with van der Waals surface area (Å²) in [6.45, 7) is 7.79. The van der Waals surface area contributed by atoms with Crippen molar-refractivity contribution in [3.05, 3.63) is 0 Å². The van der Waals surface area contributed by atoms with Crippen molar-refractivity contribution in [2.45, 2.75) is 64.8 Å². The zero-order valence-corrected chi connectivity index (χ0v) is 13.6. The van der Waals surface area contributed by atoms with E-state index in [1.807, 2.05) is 0 Å². The summed E-state index contributed by atoms with van der Waals surface area (Å²) >= 11 is 0. The number of fused-ring (bicyclic) bond motifs is 3. The van der Waals surface area contributed by atoms with Crippen molar-refractivity contribution in [1.82, 2.24) is 0 Å². The summed E-state index contributed by atoms with van der Waals surface area (Å²) in [6.07, 6.45) is 1.68. The molecule has 0 aromatic rings.